The number of nitrogens with zero attached hydrogens (tertiary/aromatic N) is 3. The molecule has 1 aromatic heterocycles. The molecule has 1 N–H and O–H groups in total. The van der Waals surface area contributed by atoms with Crippen molar-refractivity contribution < 1.29 is 14.3 Å². The van der Waals surface area contributed by atoms with E-state index in [0.717, 1.165) is 22.6 Å². The highest BCUT2D eigenvalue weighted by atomic mass is 16.6. The Morgan fingerprint density at radius 3 is 2.68 bits per heavy atom. The zero-order valence-corrected chi connectivity index (χ0v) is 15.7. The van der Waals surface area contributed by atoms with Crippen molar-refractivity contribution in [2.45, 2.75) is 25.9 Å². The van der Waals surface area contributed by atoms with Crippen LogP contribution in [0.2, 0.25) is 0 Å². The molecule has 0 aliphatic carbocycles. The van der Waals surface area contributed by atoms with Crippen LogP contribution in [0.15, 0.2) is 54.7 Å². The first-order chi connectivity index (χ1) is 13.7. The summed E-state index contributed by atoms with van der Waals surface area (Å²) < 4.78 is 12.9. The summed E-state index contributed by atoms with van der Waals surface area (Å²) in [6.45, 7) is 3.04. The molecule has 7 heteroatoms. The van der Waals surface area contributed by atoms with Gasteiger partial charge >= 0.3 is 0 Å². The summed E-state index contributed by atoms with van der Waals surface area (Å²) in [6.07, 6.45) is 2.42. The SMILES string of the molecule is Cc1cn(CC(=O)N[C@@H](Cc2ccccc2)c2ccc3c(c2)OCCO3)nn1. The number of nitrogens with one attached hydrogen (secondary N) is 1. The lowest BCUT2D eigenvalue weighted by Crippen LogP contribution is -2.33. The minimum absolute atomic E-state index is 0.122. The molecule has 0 fully saturated rings. The van der Waals surface area contributed by atoms with Crippen LogP contribution < -0.4 is 14.8 Å². The Morgan fingerprint density at radius 1 is 1.14 bits per heavy atom. The molecule has 0 radical (unpaired) electrons. The van der Waals surface area contributed by atoms with Gasteiger partial charge in [-0.2, -0.15) is 0 Å². The van der Waals surface area contributed by atoms with Gasteiger partial charge in [0.15, 0.2) is 11.5 Å². The number of aromatic nitrogens is 3. The Labute approximate surface area is 163 Å². The number of ether oxygens (including phenoxy) is 2. The third-order valence-corrected chi connectivity index (χ3v) is 4.55. The van der Waals surface area contributed by atoms with E-state index in [1.807, 2.05) is 43.3 Å². The number of carbonyl (C=O) groups excluding carboxylic acids is 1. The quantitative estimate of drug-likeness (QED) is 0.713. The summed E-state index contributed by atoms with van der Waals surface area (Å²) in [4.78, 5) is 12.6. The lowest BCUT2D eigenvalue weighted by Gasteiger charge is -2.23. The highest BCUT2D eigenvalue weighted by Crippen LogP contribution is 2.33. The Morgan fingerprint density at radius 2 is 1.93 bits per heavy atom. The van der Waals surface area contributed by atoms with Gasteiger partial charge in [-0.05, 0) is 36.6 Å². The summed E-state index contributed by atoms with van der Waals surface area (Å²) in [6, 6.07) is 15.7. The monoisotopic (exact) mass is 378 g/mol. The fourth-order valence-electron chi connectivity index (χ4n) is 3.24. The molecule has 2 heterocycles. The molecule has 0 unspecified atom stereocenters. The van der Waals surface area contributed by atoms with Crippen LogP contribution in [0.5, 0.6) is 11.5 Å². The largest absolute Gasteiger partial charge is 0.486 e. The van der Waals surface area contributed by atoms with E-state index in [9.17, 15) is 4.79 Å². The van der Waals surface area contributed by atoms with Crippen LogP contribution in [-0.4, -0.2) is 34.1 Å². The maximum atomic E-state index is 12.6. The maximum Gasteiger partial charge on any atom is 0.242 e. The Bertz CT molecular complexity index is 955. The Balaban J connectivity index is 1.55. The van der Waals surface area contributed by atoms with E-state index in [4.69, 9.17) is 9.47 Å². The Hall–Kier alpha value is -3.35. The fraction of sp³-hybridized carbons (Fsp3) is 0.286. The summed E-state index contributed by atoms with van der Waals surface area (Å²) in [5.74, 6) is 1.32. The Kier molecular flexibility index (Phi) is 5.23. The van der Waals surface area contributed by atoms with Crippen molar-refractivity contribution in [2.24, 2.45) is 0 Å². The number of carbonyl (C=O) groups is 1. The summed E-state index contributed by atoms with van der Waals surface area (Å²) in [5.41, 5.74) is 2.89. The average Bonchev–Trinajstić information content (AvgIpc) is 3.12. The molecule has 1 amide bonds. The van der Waals surface area contributed by atoms with E-state index in [0.29, 0.717) is 25.4 Å². The van der Waals surface area contributed by atoms with Gasteiger partial charge in [0.1, 0.15) is 19.8 Å². The van der Waals surface area contributed by atoms with Crippen LogP contribution in [0.3, 0.4) is 0 Å². The van der Waals surface area contributed by atoms with Crippen LogP contribution in [0.25, 0.3) is 0 Å². The van der Waals surface area contributed by atoms with Crippen molar-refractivity contribution >= 4 is 5.91 Å². The zero-order chi connectivity index (χ0) is 19.3. The standard InChI is InChI=1S/C21H22N4O3/c1-15-13-25(24-23-15)14-21(26)22-18(11-16-5-3-2-4-6-16)17-7-8-19-20(12-17)28-10-9-27-19/h2-8,12-13,18H,9-11,14H2,1H3,(H,22,26)/t18-/m0/s1. The molecule has 144 valence electrons. The van der Waals surface area contributed by atoms with Gasteiger partial charge < -0.3 is 14.8 Å². The van der Waals surface area contributed by atoms with Crippen molar-refractivity contribution in [3.8, 4) is 11.5 Å². The predicted molar refractivity (Wildman–Crippen MR) is 103 cm³/mol. The molecule has 1 aliphatic rings. The average molecular weight is 378 g/mol. The van der Waals surface area contributed by atoms with Crippen molar-refractivity contribution in [3.05, 3.63) is 71.5 Å². The van der Waals surface area contributed by atoms with Gasteiger partial charge in [-0.1, -0.05) is 41.6 Å². The van der Waals surface area contributed by atoms with E-state index in [1.165, 1.54) is 4.68 Å². The molecule has 0 saturated heterocycles. The summed E-state index contributed by atoms with van der Waals surface area (Å²) >= 11 is 0. The third kappa shape index (κ3) is 4.31. The van der Waals surface area contributed by atoms with Gasteiger partial charge in [-0.3, -0.25) is 4.79 Å². The third-order valence-electron chi connectivity index (χ3n) is 4.55. The number of amides is 1. The number of hydrogen-bond donors (Lipinski definition) is 1. The first-order valence-corrected chi connectivity index (χ1v) is 9.27. The highest BCUT2D eigenvalue weighted by Gasteiger charge is 2.20. The molecule has 0 spiro atoms. The molecule has 1 aliphatic heterocycles. The van der Waals surface area contributed by atoms with Crippen LogP contribution >= 0.6 is 0 Å². The molecule has 1 atom stereocenters. The highest BCUT2D eigenvalue weighted by molar-refractivity contribution is 5.76. The van der Waals surface area contributed by atoms with Gasteiger partial charge in [0.2, 0.25) is 5.91 Å². The molecule has 2 aromatic carbocycles. The van der Waals surface area contributed by atoms with E-state index >= 15 is 0 Å². The van der Waals surface area contributed by atoms with E-state index in [-0.39, 0.29) is 18.5 Å². The topological polar surface area (TPSA) is 78.3 Å². The zero-order valence-electron chi connectivity index (χ0n) is 15.7. The van der Waals surface area contributed by atoms with Crippen molar-refractivity contribution in [2.75, 3.05) is 13.2 Å². The molecular formula is C21H22N4O3. The first-order valence-electron chi connectivity index (χ1n) is 9.27. The predicted octanol–water partition coefficient (Wildman–Crippen LogP) is 2.46. The van der Waals surface area contributed by atoms with Crippen LogP contribution in [0.4, 0.5) is 0 Å². The fourth-order valence-corrected chi connectivity index (χ4v) is 3.24. The lowest BCUT2D eigenvalue weighted by molar-refractivity contribution is -0.122. The molecule has 28 heavy (non-hydrogen) atoms. The number of benzene rings is 2. The molecule has 0 saturated carbocycles. The number of rotatable bonds is 6. The van der Waals surface area contributed by atoms with Crippen molar-refractivity contribution in [3.63, 3.8) is 0 Å². The smallest absolute Gasteiger partial charge is 0.242 e. The van der Waals surface area contributed by atoms with Crippen molar-refractivity contribution in [1.29, 1.82) is 0 Å². The van der Waals surface area contributed by atoms with E-state index < -0.39 is 0 Å². The minimum atomic E-state index is -0.199. The van der Waals surface area contributed by atoms with Gasteiger partial charge in [0.05, 0.1) is 11.7 Å². The van der Waals surface area contributed by atoms with Gasteiger partial charge in [0, 0.05) is 6.20 Å². The molecular weight excluding hydrogens is 356 g/mol. The second kappa shape index (κ2) is 8.12. The van der Waals surface area contributed by atoms with Crippen LogP contribution in [-0.2, 0) is 17.8 Å². The van der Waals surface area contributed by atoms with E-state index in [1.54, 1.807) is 6.20 Å². The molecule has 7 nitrogen and oxygen atoms in total. The number of hydrogen-bond acceptors (Lipinski definition) is 5. The van der Waals surface area contributed by atoms with Gasteiger partial charge in [0.25, 0.3) is 0 Å². The number of fused-ring (bicyclic) bond motifs is 1. The molecule has 3 aromatic rings. The minimum Gasteiger partial charge on any atom is -0.486 e. The number of aryl methyl sites for hydroxylation is 1. The maximum absolute atomic E-state index is 12.6. The lowest BCUT2D eigenvalue weighted by atomic mass is 9.98. The molecule has 4 rings (SSSR count). The second-order valence-electron chi connectivity index (χ2n) is 6.77. The second-order valence-corrected chi connectivity index (χ2v) is 6.77. The van der Waals surface area contributed by atoms with E-state index in [2.05, 4.69) is 27.8 Å². The van der Waals surface area contributed by atoms with Gasteiger partial charge in [-0.15, -0.1) is 5.10 Å². The normalized spacial score (nSPS) is 13.8. The van der Waals surface area contributed by atoms with Crippen LogP contribution in [0.1, 0.15) is 22.9 Å². The van der Waals surface area contributed by atoms with Crippen LogP contribution in [0, 0.1) is 6.92 Å². The van der Waals surface area contributed by atoms with Crippen molar-refractivity contribution in [1.82, 2.24) is 20.3 Å². The summed E-state index contributed by atoms with van der Waals surface area (Å²) in [7, 11) is 0. The summed E-state index contributed by atoms with van der Waals surface area (Å²) in [5, 5.41) is 11.0. The molecule has 0 bridgehead atoms. The first kappa shape index (κ1) is 18.0. The van der Waals surface area contributed by atoms with Gasteiger partial charge in [-0.25, -0.2) is 4.68 Å².